The molecule has 110 valence electrons. The zero-order valence-corrected chi connectivity index (χ0v) is 11.7. The molecule has 4 heteroatoms. The molecule has 2 nitrogen and oxygen atoms in total. The molecule has 1 fully saturated rings. The van der Waals surface area contributed by atoms with E-state index in [1.807, 2.05) is 6.92 Å². The van der Waals surface area contributed by atoms with Gasteiger partial charge in [0, 0.05) is 12.7 Å². The predicted octanol–water partition coefficient (Wildman–Crippen LogP) is 4.13. The quantitative estimate of drug-likeness (QED) is 0.759. The first-order valence-electron chi connectivity index (χ1n) is 7.24. The zero-order chi connectivity index (χ0) is 14.5. The number of ether oxygens (including phenoxy) is 1. The van der Waals surface area contributed by atoms with Gasteiger partial charge in [0.25, 0.3) is 0 Å². The fourth-order valence-electron chi connectivity index (χ4n) is 2.88. The fraction of sp³-hybridized carbons (Fsp3) is 0.562. The second-order valence-corrected chi connectivity index (χ2v) is 5.26. The third kappa shape index (κ3) is 3.42. The lowest BCUT2D eigenvalue weighted by Crippen LogP contribution is -2.34. The highest BCUT2D eigenvalue weighted by Gasteiger charge is 2.32. The van der Waals surface area contributed by atoms with Gasteiger partial charge in [-0.25, -0.2) is 8.78 Å². The maximum atomic E-state index is 13.8. The van der Waals surface area contributed by atoms with Crippen LogP contribution in [0.1, 0.15) is 49.4 Å². The maximum Gasteiger partial charge on any atom is 0.194 e. The van der Waals surface area contributed by atoms with Crippen LogP contribution in [0.25, 0.3) is 0 Å². The summed E-state index contributed by atoms with van der Waals surface area (Å²) in [5.41, 5.74) is -0.0737. The summed E-state index contributed by atoms with van der Waals surface area (Å²) >= 11 is 0. The summed E-state index contributed by atoms with van der Waals surface area (Å²) in [7, 11) is 0. The van der Waals surface area contributed by atoms with Crippen LogP contribution in [-0.4, -0.2) is 18.5 Å². The van der Waals surface area contributed by atoms with Gasteiger partial charge in [-0.3, -0.25) is 4.79 Å². The first kappa shape index (κ1) is 15.1. The number of carbonyl (C=O) groups excluding carboxylic acids is 1. The average Bonchev–Trinajstić information content (AvgIpc) is 2.45. The van der Waals surface area contributed by atoms with E-state index >= 15 is 0 Å². The molecule has 20 heavy (non-hydrogen) atoms. The number of ketones is 1. The van der Waals surface area contributed by atoms with E-state index in [1.54, 1.807) is 0 Å². The first-order chi connectivity index (χ1) is 9.63. The number of benzene rings is 1. The molecule has 0 radical (unpaired) electrons. The van der Waals surface area contributed by atoms with Crippen molar-refractivity contribution >= 4 is 5.78 Å². The van der Waals surface area contributed by atoms with Crippen LogP contribution in [0.4, 0.5) is 8.78 Å². The molecule has 1 aliphatic rings. The Bertz CT molecular complexity index is 468. The molecule has 1 aromatic rings. The molecule has 0 aliphatic heterocycles. The number of Topliss-reactive ketones (excluding diaryl/α,β-unsaturated/α-hetero) is 1. The number of hydrogen-bond acceptors (Lipinski definition) is 2. The number of hydrogen-bond donors (Lipinski definition) is 0. The van der Waals surface area contributed by atoms with Crippen LogP contribution in [0.5, 0.6) is 0 Å². The Morgan fingerprint density at radius 3 is 2.60 bits per heavy atom. The summed E-state index contributed by atoms with van der Waals surface area (Å²) in [6, 6.07) is 3.07. The summed E-state index contributed by atoms with van der Waals surface area (Å²) in [4.78, 5) is 12.5. The molecule has 1 aromatic carbocycles. The van der Waals surface area contributed by atoms with Gasteiger partial charge in [0.2, 0.25) is 0 Å². The van der Waals surface area contributed by atoms with Crippen LogP contribution in [0.3, 0.4) is 0 Å². The predicted molar refractivity (Wildman–Crippen MR) is 72.7 cm³/mol. The Morgan fingerprint density at radius 1 is 1.30 bits per heavy atom. The summed E-state index contributed by atoms with van der Waals surface area (Å²) in [5.74, 6) is -1.71. The third-order valence-corrected chi connectivity index (χ3v) is 3.88. The zero-order valence-electron chi connectivity index (χ0n) is 11.7. The van der Waals surface area contributed by atoms with E-state index in [-0.39, 0.29) is 17.3 Å². The van der Waals surface area contributed by atoms with E-state index in [0.29, 0.717) is 6.61 Å². The minimum absolute atomic E-state index is 0.0737. The van der Waals surface area contributed by atoms with Gasteiger partial charge in [0.05, 0.1) is 5.56 Å². The summed E-state index contributed by atoms with van der Waals surface area (Å²) < 4.78 is 32.3. The van der Waals surface area contributed by atoms with Crippen molar-refractivity contribution in [3.05, 3.63) is 35.4 Å². The van der Waals surface area contributed by atoms with E-state index < -0.39 is 17.7 Å². The topological polar surface area (TPSA) is 26.3 Å². The molecule has 0 spiro atoms. The van der Waals surface area contributed by atoms with E-state index in [2.05, 4.69) is 0 Å². The molecule has 1 unspecified atom stereocenters. The highest BCUT2D eigenvalue weighted by Crippen LogP contribution is 2.30. The van der Waals surface area contributed by atoms with E-state index in [4.69, 9.17) is 4.74 Å². The van der Waals surface area contributed by atoms with Crippen LogP contribution in [0.15, 0.2) is 18.2 Å². The average molecular weight is 282 g/mol. The summed E-state index contributed by atoms with van der Waals surface area (Å²) in [6.45, 7) is 2.24. The Hall–Kier alpha value is -1.29. The van der Waals surface area contributed by atoms with Crippen molar-refractivity contribution in [1.29, 1.82) is 0 Å². The third-order valence-electron chi connectivity index (χ3n) is 3.88. The van der Waals surface area contributed by atoms with Crippen LogP contribution in [-0.2, 0) is 4.74 Å². The van der Waals surface area contributed by atoms with Crippen molar-refractivity contribution in [3.8, 4) is 0 Å². The van der Waals surface area contributed by atoms with Gasteiger partial charge in [-0.05, 0) is 37.8 Å². The number of rotatable bonds is 5. The molecule has 0 aromatic heterocycles. The molecule has 2 rings (SSSR count). The summed E-state index contributed by atoms with van der Waals surface area (Å²) in [5, 5.41) is 0. The summed E-state index contributed by atoms with van der Waals surface area (Å²) in [6.07, 6.45) is 4.58. The number of carbonyl (C=O) groups is 1. The van der Waals surface area contributed by atoms with Gasteiger partial charge in [-0.1, -0.05) is 19.3 Å². The SMILES string of the molecule is CCOC(C(=O)c1ccc(F)cc1F)C1CCCCC1. The largest absolute Gasteiger partial charge is 0.370 e. The smallest absolute Gasteiger partial charge is 0.194 e. The van der Waals surface area contributed by atoms with Crippen LogP contribution >= 0.6 is 0 Å². The fourth-order valence-corrected chi connectivity index (χ4v) is 2.88. The van der Waals surface area contributed by atoms with Crippen molar-refractivity contribution in [2.75, 3.05) is 6.61 Å². The molecule has 0 heterocycles. The molecule has 1 atom stereocenters. The molecule has 0 amide bonds. The second-order valence-electron chi connectivity index (χ2n) is 5.26. The standard InChI is InChI=1S/C16H20F2O2/c1-2-20-16(11-6-4-3-5-7-11)15(19)13-9-8-12(17)10-14(13)18/h8-11,16H,2-7H2,1H3. The lowest BCUT2D eigenvalue weighted by molar-refractivity contribution is 0.0124. The van der Waals surface area contributed by atoms with E-state index in [9.17, 15) is 13.6 Å². The van der Waals surface area contributed by atoms with Crippen molar-refractivity contribution in [3.63, 3.8) is 0 Å². The Labute approximate surface area is 118 Å². The highest BCUT2D eigenvalue weighted by atomic mass is 19.1. The lowest BCUT2D eigenvalue weighted by atomic mass is 9.82. The molecular weight excluding hydrogens is 262 g/mol. The minimum Gasteiger partial charge on any atom is -0.370 e. The number of halogens is 2. The van der Waals surface area contributed by atoms with Gasteiger partial charge in [0.1, 0.15) is 17.7 Å². The Balaban J connectivity index is 2.21. The monoisotopic (exact) mass is 282 g/mol. The Kier molecular flexibility index (Phi) is 5.24. The van der Waals surface area contributed by atoms with E-state index in [0.717, 1.165) is 37.8 Å². The van der Waals surface area contributed by atoms with Crippen molar-refractivity contribution < 1.29 is 18.3 Å². The van der Waals surface area contributed by atoms with Crippen LogP contribution < -0.4 is 0 Å². The van der Waals surface area contributed by atoms with Crippen LogP contribution in [0, 0.1) is 17.6 Å². The van der Waals surface area contributed by atoms with Crippen molar-refractivity contribution in [1.82, 2.24) is 0 Å². The molecule has 0 saturated heterocycles. The van der Waals surface area contributed by atoms with Gasteiger partial charge in [-0.2, -0.15) is 0 Å². The molecule has 0 N–H and O–H groups in total. The van der Waals surface area contributed by atoms with Gasteiger partial charge in [0.15, 0.2) is 5.78 Å². The van der Waals surface area contributed by atoms with Gasteiger partial charge < -0.3 is 4.74 Å². The maximum absolute atomic E-state index is 13.8. The minimum atomic E-state index is -0.810. The van der Waals surface area contributed by atoms with Gasteiger partial charge >= 0.3 is 0 Å². The normalized spacial score (nSPS) is 17.9. The van der Waals surface area contributed by atoms with Crippen molar-refractivity contribution in [2.45, 2.75) is 45.1 Å². The van der Waals surface area contributed by atoms with Crippen LogP contribution in [0.2, 0.25) is 0 Å². The first-order valence-corrected chi connectivity index (χ1v) is 7.24. The Morgan fingerprint density at radius 2 is 2.00 bits per heavy atom. The van der Waals surface area contributed by atoms with E-state index in [1.165, 1.54) is 12.5 Å². The molecule has 0 bridgehead atoms. The van der Waals surface area contributed by atoms with Crippen molar-refractivity contribution in [2.24, 2.45) is 5.92 Å². The van der Waals surface area contributed by atoms with Gasteiger partial charge in [-0.15, -0.1) is 0 Å². The molecule has 1 aliphatic carbocycles. The highest BCUT2D eigenvalue weighted by molar-refractivity contribution is 5.99. The lowest BCUT2D eigenvalue weighted by Gasteiger charge is -2.29. The second kappa shape index (κ2) is 6.93. The molecule has 1 saturated carbocycles. The molecular formula is C16H20F2O2.